The van der Waals surface area contributed by atoms with Crippen molar-refractivity contribution < 1.29 is 4.79 Å². The van der Waals surface area contributed by atoms with Gasteiger partial charge in [-0.15, -0.1) is 0 Å². The van der Waals surface area contributed by atoms with Gasteiger partial charge in [0.1, 0.15) is 0 Å². The number of rotatable bonds is 4. The van der Waals surface area contributed by atoms with Crippen molar-refractivity contribution in [2.75, 3.05) is 5.32 Å². The number of amides is 1. The first-order chi connectivity index (χ1) is 8.70. The molecule has 0 radical (unpaired) electrons. The third kappa shape index (κ3) is 2.99. The Bertz CT molecular complexity index is 569. The summed E-state index contributed by atoms with van der Waals surface area (Å²) in [6, 6.07) is 5.49. The van der Waals surface area contributed by atoms with Gasteiger partial charge in [0.25, 0.3) is 0 Å². The molecule has 1 N–H and O–H groups in total. The number of fused-ring (bicyclic) bond motifs is 1. The van der Waals surface area contributed by atoms with Crippen LogP contribution in [0.1, 0.15) is 26.2 Å². The lowest BCUT2D eigenvalue weighted by Crippen LogP contribution is -2.11. The van der Waals surface area contributed by atoms with E-state index in [0.29, 0.717) is 11.4 Å². The largest absolute Gasteiger partial charge is 0.325 e. The van der Waals surface area contributed by atoms with Gasteiger partial charge in [-0.2, -0.15) is 0 Å². The Morgan fingerprint density at radius 1 is 1.44 bits per heavy atom. The number of benzene rings is 1. The minimum Gasteiger partial charge on any atom is -0.325 e. The Labute approximate surface area is 111 Å². The molecule has 1 heterocycles. The quantitative estimate of drug-likeness (QED) is 0.904. The van der Waals surface area contributed by atoms with Gasteiger partial charge in [0.15, 0.2) is 0 Å². The van der Waals surface area contributed by atoms with Crippen LogP contribution in [0.25, 0.3) is 10.8 Å². The zero-order valence-electron chi connectivity index (χ0n) is 10.2. The fourth-order valence-electron chi connectivity index (χ4n) is 1.83. The number of pyridine rings is 1. The van der Waals surface area contributed by atoms with Gasteiger partial charge in [-0.1, -0.05) is 24.9 Å². The Morgan fingerprint density at radius 3 is 3.06 bits per heavy atom. The average molecular weight is 263 g/mol. The van der Waals surface area contributed by atoms with E-state index in [2.05, 4.69) is 17.2 Å². The van der Waals surface area contributed by atoms with Crippen LogP contribution in [-0.2, 0) is 4.79 Å². The second kappa shape index (κ2) is 5.83. The molecular formula is C14H15ClN2O. The maximum atomic E-state index is 11.8. The molecule has 18 heavy (non-hydrogen) atoms. The lowest BCUT2D eigenvalue weighted by Gasteiger charge is -2.09. The maximum absolute atomic E-state index is 11.8. The highest BCUT2D eigenvalue weighted by molar-refractivity contribution is 6.32. The zero-order chi connectivity index (χ0) is 13.0. The first-order valence-corrected chi connectivity index (χ1v) is 6.41. The third-order valence-electron chi connectivity index (χ3n) is 2.75. The standard InChI is InChI=1S/C14H15ClN2O/c1-2-3-4-14(18)17-13-8-11(15)7-10-9-16-6-5-12(10)13/h5-9H,2-4H2,1H3,(H,17,18). The minimum absolute atomic E-state index is 0.0252. The van der Waals surface area contributed by atoms with Crippen molar-refractivity contribution in [1.82, 2.24) is 4.98 Å². The zero-order valence-corrected chi connectivity index (χ0v) is 11.0. The molecule has 0 saturated carbocycles. The molecule has 4 heteroatoms. The summed E-state index contributed by atoms with van der Waals surface area (Å²) in [5.74, 6) is 0.0252. The number of halogens is 1. The number of nitrogens with one attached hydrogen (secondary N) is 1. The van der Waals surface area contributed by atoms with Crippen LogP contribution in [0.3, 0.4) is 0 Å². The van der Waals surface area contributed by atoms with Crippen molar-refractivity contribution in [3.8, 4) is 0 Å². The number of unbranched alkanes of at least 4 members (excludes halogenated alkanes) is 1. The number of anilines is 1. The highest BCUT2D eigenvalue weighted by Gasteiger charge is 2.07. The molecule has 2 aromatic rings. The molecule has 1 aromatic heterocycles. The molecule has 0 aliphatic carbocycles. The normalized spacial score (nSPS) is 10.6. The fraction of sp³-hybridized carbons (Fsp3) is 0.286. The smallest absolute Gasteiger partial charge is 0.224 e. The molecule has 0 bridgehead atoms. The van der Waals surface area contributed by atoms with E-state index in [-0.39, 0.29) is 5.91 Å². The number of nitrogens with zero attached hydrogens (tertiary/aromatic N) is 1. The molecular weight excluding hydrogens is 248 g/mol. The van der Waals surface area contributed by atoms with Crippen molar-refractivity contribution in [3.05, 3.63) is 35.6 Å². The number of hydrogen-bond acceptors (Lipinski definition) is 2. The van der Waals surface area contributed by atoms with Crippen molar-refractivity contribution in [3.63, 3.8) is 0 Å². The summed E-state index contributed by atoms with van der Waals surface area (Å²) in [6.45, 7) is 2.06. The number of hydrogen-bond donors (Lipinski definition) is 1. The molecule has 94 valence electrons. The van der Waals surface area contributed by atoms with E-state index >= 15 is 0 Å². The van der Waals surface area contributed by atoms with Gasteiger partial charge in [-0.05, 0) is 24.6 Å². The Kier molecular flexibility index (Phi) is 4.15. The van der Waals surface area contributed by atoms with Crippen LogP contribution in [0, 0.1) is 0 Å². The van der Waals surface area contributed by atoms with Gasteiger partial charge < -0.3 is 5.32 Å². The van der Waals surface area contributed by atoms with Crippen LogP contribution in [0.5, 0.6) is 0 Å². The molecule has 0 saturated heterocycles. The van der Waals surface area contributed by atoms with E-state index < -0.39 is 0 Å². The van der Waals surface area contributed by atoms with E-state index in [1.807, 2.05) is 12.1 Å². The van der Waals surface area contributed by atoms with Crippen molar-refractivity contribution in [1.29, 1.82) is 0 Å². The Hall–Kier alpha value is -1.61. The Morgan fingerprint density at radius 2 is 2.28 bits per heavy atom. The molecule has 0 spiro atoms. The van der Waals surface area contributed by atoms with Gasteiger partial charge in [0.05, 0.1) is 5.69 Å². The van der Waals surface area contributed by atoms with Crippen LogP contribution >= 0.6 is 11.6 Å². The van der Waals surface area contributed by atoms with Crippen LogP contribution < -0.4 is 5.32 Å². The van der Waals surface area contributed by atoms with Crippen LogP contribution in [0.15, 0.2) is 30.6 Å². The first kappa shape index (κ1) is 12.8. The molecule has 3 nitrogen and oxygen atoms in total. The first-order valence-electron chi connectivity index (χ1n) is 6.04. The number of carbonyl (C=O) groups is 1. The minimum atomic E-state index is 0.0252. The molecule has 0 aliphatic heterocycles. The van der Waals surface area contributed by atoms with Crippen LogP contribution in [-0.4, -0.2) is 10.9 Å². The summed E-state index contributed by atoms with van der Waals surface area (Å²) in [6.07, 6.45) is 5.88. The van der Waals surface area contributed by atoms with Gasteiger partial charge >= 0.3 is 0 Å². The topological polar surface area (TPSA) is 42.0 Å². The highest BCUT2D eigenvalue weighted by Crippen LogP contribution is 2.27. The summed E-state index contributed by atoms with van der Waals surface area (Å²) in [5, 5.41) is 5.39. The second-order valence-corrected chi connectivity index (χ2v) is 4.64. The van der Waals surface area contributed by atoms with Gasteiger partial charge in [0.2, 0.25) is 5.91 Å². The SMILES string of the molecule is CCCCC(=O)Nc1cc(Cl)cc2cnccc12. The van der Waals surface area contributed by atoms with Crippen LogP contribution in [0.4, 0.5) is 5.69 Å². The average Bonchev–Trinajstić information content (AvgIpc) is 2.36. The molecule has 2 rings (SSSR count). The predicted octanol–water partition coefficient (Wildman–Crippen LogP) is 4.02. The summed E-state index contributed by atoms with van der Waals surface area (Å²) in [5.41, 5.74) is 0.751. The van der Waals surface area contributed by atoms with Gasteiger partial charge in [-0.25, -0.2) is 0 Å². The van der Waals surface area contributed by atoms with E-state index in [9.17, 15) is 4.79 Å². The summed E-state index contributed by atoms with van der Waals surface area (Å²) in [4.78, 5) is 15.8. The summed E-state index contributed by atoms with van der Waals surface area (Å²) in [7, 11) is 0. The van der Waals surface area contributed by atoms with Gasteiger partial charge in [-0.3, -0.25) is 9.78 Å². The third-order valence-corrected chi connectivity index (χ3v) is 2.97. The molecule has 0 unspecified atom stereocenters. The Balaban J connectivity index is 2.29. The van der Waals surface area contributed by atoms with E-state index in [0.717, 1.165) is 29.3 Å². The molecule has 1 amide bonds. The monoisotopic (exact) mass is 262 g/mol. The van der Waals surface area contributed by atoms with Crippen LogP contribution in [0.2, 0.25) is 5.02 Å². The summed E-state index contributed by atoms with van der Waals surface area (Å²) >= 11 is 6.03. The van der Waals surface area contributed by atoms with Crippen molar-refractivity contribution in [2.24, 2.45) is 0 Å². The maximum Gasteiger partial charge on any atom is 0.224 e. The van der Waals surface area contributed by atoms with Crippen molar-refractivity contribution >= 4 is 34.0 Å². The molecule has 1 aromatic carbocycles. The van der Waals surface area contributed by atoms with E-state index in [1.165, 1.54) is 0 Å². The number of carbonyl (C=O) groups excluding carboxylic acids is 1. The lowest BCUT2D eigenvalue weighted by atomic mass is 10.1. The lowest BCUT2D eigenvalue weighted by molar-refractivity contribution is -0.116. The van der Waals surface area contributed by atoms with Crippen molar-refractivity contribution in [2.45, 2.75) is 26.2 Å². The highest BCUT2D eigenvalue weighted by atomic mass is 35.5. The molecule has 0 atom stereocenters. The van der Waals surface area contributed by atoms with E-state index in [4.69, 9.17) is 11.6 Å². The molecule has 0 fully saturated rings. The molecule has 0 aliphatic rings. The number of aromatic nitrogens is 1. The van der Waals surface area contributed by atoms with Gasteiger partial charge in [0, 0.05) is 34.6 Å². The predicted molar refractivity (Wildman–Crippen MR) is 74.9 cm³/mol. The van der Waals surface area contributed by atoms with E-state index in [1.54, 1.807) is 18.5 Å². The second-order valence-electron chi connectivity index (χ2n) is 4.20. The summed E-state index contributed by atoms with van der Waals surface area (Å²) < 4.78 is 0. The fourth-order valence-corrected chi connectivity index (χ4v) is 2.05.